The van der Waals surface area contributed by atoms with E-state index in [4.69, 9.17) is 9.15 Å². The van der Waals surface area contributed by atoms with Gasteiger partial charge in [-0.3, -0.25) is 20.2 Å². The van der Waals surface area contributed by atoms with E-state index >= 15 is 0 Å². The molecule has 2 heterocycles. The van der Waals surface area contributed by atoms with Crippen molar-refractivity contribution in [3.05, 3.63) is 56.8 Å². The number of nitro benzene ring substituents is 1. The molecule has 0 aliphatic rings. The minimum atomic E-state index is -0.661. The lowest BCUT2D eigenvalue weighted by Crippen LogP contribution is -2.13. The average Bonchev–Trinajstić information content (AvgIpc) is 3.41. The number of nitriles is 1. The van der Waals surface area contributed by atoms with Crippen LogP contribution in [-0.2, 0) is 11.2 Å². The largest absolute Gasteiger partial charge is 0.494 e. The molecule has 11 heteroatoms. The van der Waals surface area contributed by atoms with Gasteiger partial charge in [-0.2, -0.15) is 5.26 Å². The number of aromatic nitrogens is 2. The van der Waals surface area contributed by atoms with Gasteiger partial charge >= 0.3 is 0 Å². The van der Waals surface area contributed by atoms with E-state index in [1.54, 1.807) is 13.0 Å². The Kier molecular flexibility index (Phi) is 6.74. The summed E-state index contributed by atoms with van der Waals surface area (Å²) in [6.07, 6.45) is 1.93. The second-order valence-electron chi connectivity index (χ2n) is 6.05. The lowest BCUT2D eigenvalue weighted by atomic mass is 10.1. The monoisotopic (exact) mass is 439 g/mol. The fourth-order valence-electron chi connectivity index (χ4n) is 2.60. The van der Waals surface area contributed by atoms with Crippen LogP contribution >= 0.6 is 11.3 Å². The van der Waals surface area contributed by atoms with E-state index in [0.29, 0.717) is 18.8 Å². The molecule has 0 aliphatic heterocycles. The molecule has 0 saturated carbocycles. The summed E-state index contributed by atoms with van der Waals surface area (Å²) in [5.41, 5.74) is -0.149. The summed E-state index contributed by atoms with van der Waals surface area (Å²) in [6.45, 7) is 4.07. The van der Waals surface area contributed by atoms with E-state index in [9.17, 15) is 20.2 Å². The Bertz CT molecular complexity index is 1190. The van der Waals surface area contributed by atoms with Crippen LogP contribution in [0.2, 0.25) is 0 Å². The molecule has 1 aromatic carbocycles. The number of nitro groups is 1. The Morgan fingerprint density at radius 1 is 1.35 bits per heavy atom. The van der Waals surface area contributed by atoms with Crippen molar-refractivity contribution in [2.24, 2.45) is 0 Å². The summed E-state index contributed by atoms with van der Waals surface area (Å²) in [5.74, 6) is 0.120. The van der Waals surface area contributed by atoms with E-state index in [1.807, 2.05) is 13.0 Å². The van der Waals surface area contributed by atoms with Crippen molar-refractivity contribution in [3.8, 4) is 23.1 Å². The first kappa shape index (κ1) is 21.7. The minimum Gasteiger partial charge on any atom is -0.494 e. The molecule has 31 heavy (non-hydrogen) atoms. The third kappa shape index (κ3) is 5.12. The number of rotatable bonds is 8. The van der Waals surface area contributed by atoms with Crippen LogP contribution in [0, 0.1) is 21.4 Å². The summed E-state index contributed by atoms with van der Waals surface area (Å²) in [6, 6.07) is 9.29. The molecule has 1 amide bonds. The van der Waals surface area contributed by atoms with Gasteiger partial charge in [0, 0.05) is 6.08 Å². The second-order valence-corrected chi connectivity index (χ2v) is 7.11. The zero-order chi connectivity index (χ0) is 22.4. The fraction of sp³-hybridized carbons (Fsp3) is 0.200. The first-order valence-corrected chi connectivity index (χ1v) is 10.0. The molecule has 0 saturated heterocycles. The highest BCUT2D eigenvalue weighted by Gasteiger charge is 2.20. The van der Waals surface area contributed by atoms with Gasteiger partial charge in [-0.05, 0) is 37.6 Å². The first-order valence-electron chi connectivity index (χ1n) is 9.22. The Morgan fingerprint density at radius 3 is 2.81 bits per heavy atom. The van der Waals surface area contributed by atoms with Gasteiger partial charge in [0.05, 0.1) is 23.2 Å². The van der Waals surface area contributed by atoms with E-state index in [1.165, 1.54) is 41.7 Å². The van der Waals surface area contributed by atoms with Gasteiger partial charge in [-0.25, -0.2) is 0 Å². The third-order valence-electron chi connectivity index (χ3n) is 4.01. The maximum Gasteiger partial charge on any atom is 0.284 e. The van der Waals surface area contributed by atoms with E-state index < -0.39 is 10.8 Å². The molecule has 3 rings (SSSR count). The molecule has 0 fully saturated rings. The Labute approximate surface area is 180 Å². The molecule has 0 radical (unpaired) electrons. The smallest absolute Gasteiger partial charge is 0.284 e. The molecule has 0 bridgehead atoms. The number of nitrogens with zero attached hydrogens (tertiary/aromatic N) is 4. The van der Waals surface area contributed by atoms with Crippen LogP contribution in [0.1, 0.15) is 24.6 Å². The lowest BCUT2D eigenvalue weighted by Gasteiger charge is -2.05. The van der Waals surface area contributed by atoms with Gasteiger partial charge in [0.2, 0.25) is 5.13 Å². The van der Waals surface area contributed by atoms with Gasteiger partial charge in [0.1, 0.15) is 33.9 Å². The molecule has 158 valence electrons. The van der Waals surface area contributed by atoms with Gasteiger partial charge in [-0.1, -0.05) is 18.3 Å². The molecule has 0 atom stereocenters. The molecule has 3 aromatic rings. The molecule has 10 nitrogen and oxygen atoms in total. The maximum absolute atomic E-state index is 12.4. The average molecular weight is 439 g/mol. The number of carbonyl (C=O) groups excluding carboxylic acids is 1. The number of ether oxygens (including phenoxy) is 1. The van der Waals surface area contributed by atoms with Crippen LogP contribution in [-0.4, -0.2) is 27.6 Å². The molecule has 2 aromatic heterocycles. The Balaban J connectivity index is 1.85. The van der Waals surface area contributed by atoms with Crippen LogP contribution in [0.5, 0.6) is 5.75 Å². The SMILES string of the molecule is CCOc1ccc(-c2ccc(/C=C(/C#N)C(=O)Nc3nnc(CC)s3)o2)c([N+](=O)[O-])c1. The number of carbonyl (C=O) groups is 1. The minimum absolute atomic E-state index is 0.183. The summed E-state index contributed by atoms with van der Waals surface area (Å²) in [7, 11) is 0. The molecule has 0 spiro atoms. The van der Waals surface area contributed by atoms with E-state index in [2.05, 4.69) is 15.5 Å². The predicted molar refractivity (Wildman–Crippen MR) is 113 cm³/mol. The number of hydrogen-bond acceptors (Lipinski definition) is 9. The topological polar surface area (TPSA) is 144 Å². The number of nitrogens with one attached hydrogen (secondary N) is 1. The maximum atomic E-state index is 12.4. The number of anilines is 1. The van der Waals surface area contributed by atoms with Gasteiger partial charge < -0.3 is 9.15 Å². The second kappa shape index (κ2) is 9.64. The van der Waals surface area contributed by atoms with Crippen molar-refractivity contribution in [1.29, 1.82) is 5.26 Å². The normalized spacial score (nSPS) is 11.1. The van der Waals surface area contributed by atoms with Gasteiger partial charge in [0.25, 0.3) is 11.6 Å². The van der Waals surface area contributed by atoms with Crippen molar-refractivity contribution < 1.29 is 18.9 Å². The predicted octanol–water partition coefficient (Wildman–Crippen LogP) is 4.21. The van der Waals surface area contributed by atoms with Crippen molar-refractivity contribution in [2.75, 3.05) is 11.9 Å². The Morgan fingerprint density at radius 2 is 2.16 bits per heavy atom. The lowest BCUT2D eigenvalue weighted by molar-refractivity contribution is -0.384. The van der Waals surface area contributed by atoms with Crippen LogP contribution in [0.25, 0.3) is 17.4 Å². The Hall–Kier alpha value is -4.04. The summed E-state index contributed by atoms with van der Waals surface area (Å²) >= 11 is 1.22. The standard InChI is InChI=1S/C20H17N5O5S/c1-3-18-23-24-20(31-18)22-19(26)12(11-21)9-14-6-8-17(30-14)15-7-5-13(29-4-2)10-16(15)25(27)28/h5-10H,3-4H2,1-2H3,(H,22,24,26)/b12-9-. The first-order chi connectivity index (χ1) is 14.9. The van der Waals surface area contributed by atoms with Gasteiger partial charge in [0.15, 0.2) is 0 Å². The van der Waals surface area contributed by atoms with Gasteiger partial charge in [-0.15, -0.1) is 10.2 Å². The van der Waals surface area contributed by atoms with Crippen LogP contribution in [0.3, 0.4) is 0 Å². The zero-order valence-corrected chi connectivity index (χ0v) is 17.4. The van der Waals surface area contributed by atoms with Crippen LogP contribution < -0.4 is 10.1 Å². The fourth-order valence-corrected chi connectivity index (χ4v) is 3.28. The highest BCUT2D eigenvalue weighted by molar-refractivity contribution is 7.15. The van der Waals surface area contributed by atoms with Crippen molar-refractivity contribution >= 4 is 34.1 Å². The highest BCUT2D eigenvalue weighted by Crippen LogP contribution is 2.34. The van der Waals surface area contributed by atoms with Crippen molar-refractivity contribution in [3.63, 3.8) is 0 Å². The number of aryl methyl sites for hydroxylation is 1. The van der Waals surface area contributed by atoms with Crippen LogP contribution in [0.15, 0.2) is 40.3 Å². The quantitative estimate of drug-likeness (QED) is 0.238. The van der Waals surface area contributed by atoms with E-state index in [-0.39, 0.29) is 33.5 Å². The van der Waals surface area contributed by atoms with Crippen molar-refractivity contribution in [2.45, 2.75) is 20.3 Å². The molecular formula is C20H17N5O5S. The number of benzene rings is 1. The third-order valence-corrected chi connectivity index (χ3v) is 4.99. The molecular weight excluding hydrogens is 422 g/mol. The van der Waals surface area contributed by atoms with Crippen LogP contribution in [0.4, 0.5) is 10.8 Å². The number of hydrogen-bond donors (Lipinski definition) is 1. The van der Waals surface area contributed by atoms with E-state index in [0.717, 1.165) is 5.01 Å². The summed E-state index contributed by atoms with van der Waals surface area (Å²) < 4.78 is 10.9. The molecule has 0 unspecified atom stereocenters. The van der Waals surface area contributed by atoms with Crippen molar-refractivity contribution in [1.82, 2.24) is 10.2 Å². The molecule has 1 N–H and O–H groups in total. The number of furan rings is 1. The zero-order valence-electron chi connectivity index (χ0n) is 16.6. The number of amides is 1. The molecule has 0 aliphatic carbocycles. The summed E-state index contributed by atoms with van der Waals surface area (Å²) in [4.78, 5) is 23.3. The summed E-state index contributed by atoms with van der Waals surface area (Å²) in [5, 5.41) is 32.1. The highest BCUT2D eigenvalue weighted by atomic mass is 32.1.